The van der Waals surface area contributed by atoms with Crippen LogP contribution < -0.4 is 10.1 Å². The van der Waals surface area contributed by atoms with Crippen LogP contribution in [0.1, 0.15) is 32.4 Å². The number of benzene rings is 3. The number of ether oxygens (including phenoxy) is 2. The van der Waals surface area contributed by atoms with Crippen molar-refractivity contribution in [2.45, 2.75) is 24.6 Å². The molecule has 10 heteroatoms. The molecule has 2 amide bonds. The summed E-state index contributed by atoms with van der Waals surface area (Å²) in [5.41, 5.74) is 2.41. The Kier molecular flexibility index (Phi) is 11.0. The van der Waals surface area contributed by atoms with Gasteiger partial charge in [-0.2, -0.15) is 0 Å². The quantitative estimate of drug-likeness (QED) is 0.229. The first-order chi connectivity index (χ1) is 21.9. The van der Waals surface area contributed by atoms with E-state index in [-0.39, 0.29) is 25.0 Å². The lowest BCUT2D eigenvalue weighted by Gasteiger charge is -2.39. The number of nitrogens with zero attached hydrogens (tertiary/aromatic N) is 2. The summed E-state index contributed by atoms with van der Waals surface area (Å²) in [6, 6.07) is 29.6. The van der Waals surface area contributed by atoms with Crippen molar-refractivity contribution in [3.05, 3.63) is 124 Å². The molecule has 0 spiro atoms. The van der Waals surface area contributed by atoms with Gasteiger partial charge in [-0.25, -0.2) is 4.79 Å². The smallest absolute Gasteiger partial charge is 0.336 e. The molecule has 1 fully saturated rings. The van der Waals surface area contributed by atoms with E-state index in [1.807, 2.05) is 41.3 Å². The molecule has 1 saturated heterocycles. The number of nitrogens with one attached hydrogen (secondary N) is 1. The zero-order chi connectivity index (χ0) is 31.6. The fourth-order valence-electron chi connectivity index (χ4n) is 5.45. The predicted octanol–water partition coefficient (Wildman–Crippen LogP) is 3.94. The second kappa shape index (κ2) is 15.5. The fraction of sp³-hybridized carbons (Fsp3) is 0.286. The van der Waals surface area contributed by atoms with Gasteiger partial charge in [0.15, 0.2) is 12.7 Å². The fourth-order valence-corrected chi connectivity index (χ4v) is 6.34. The first-order valence-electron chi connectivity index (χ1n) is 14.9. The van der Waals surface area contributed by atoms with E-state index in [2.05, 4.69) is 56.7 Å². The summed E-state index contributed by atoms with van der Waals surface area (Å²) in [6.07, 6.45) is -1.30. The number of thiophene rings is 1. The number of hydrogen-bond donors (Lipinski definition) is 2. The maximum absolute atomic E-state index is 13.0. The van der Waals surface area contributed by atoms with Gasteiger partial charge in [0, 0.05) is 36.6 Å². The molecule has 3 aromatic carbocycles. The van der Waals surface area contributed by atoms with Gasteiger partial charge >= 0.3 is 5.97 Å². The van der Waals surface area contributed by atoms with Gasteiger partial charge in [-0.15, -0.1) is 11.3 Å². The van der Waals surface area contributed by atoms with Crippen molar-refractivity contribution < 1.29 is 29.0 Å². The minimum atomic E-state index is -1.53. The number of methoxy groups -OCH3 is 1. The van der Waals surface area contributed by atoms with Crippen LogP contribution in [0.2, 0.25) is 0 Å². The molecule has 0 aliphatic carbocycles. The Hall–Kier alpha value is -4.51. The van der Waals surface area contributed by atoms with Crippen LogP contribution in [0.3, 0.4) is 0 Å². The van der Waals surface area contributed by atoms with Crippen LogP contribution in [-0.4, -0.2) is 84.7 Å². The zero-order valence-corrected chi connectivity index (χ0v) is 25.9. The van der Waals surface area contributed by atoms with Gasteiger partial charge in [-0.1, -0.05) is 66.7 Å². The predicted molar refractivity (Wildman–Crippen MR) is 172 cm³/mol. The van der Waals surface area contributed by atoms with Crippen molar-refractivity contribution in [3.63, 3.8) is 0 Å². The molecule has 1 aromatic heterocycles. The Labute approximate surface area is 267 Å². The van der Waals surface area contributed by atoms with Crippen molar-refractivity contribution in [1.29, 1.82) is 0 Å². The van der Waals surface area contributed by atoms with Crippen molar-refractivity contribution in [1.82, 2.24) is 15.1 Å². The monoisotopic (exact) mass is 627 g/mol. The number of amides is 2. The van der Waals surface area contributed by atoms with Gasteiger partial charge in [0.05, 0.1) is 19.2 Å². The van der Waals surface area contributed by atoms with E-state index in [0.717, 1.165) is 18.7 Å². The minimum absolute atomic E-state index is 0.0931. The highest BCUT2D eigenvalue weighted by molar-refractivity contribution is 7.10. The van der Waals surface area contributed by atoms with Crippen LogP contribution in [0.15, 0.2) is 102 Å². The summed E-state index contributed by atoms with van der Waals surface area (Å²) < 4.78 is 10.4. The topological polar surface area (TPSA) is 108 Å². The van der Waals surface area contributed by atoms with E-state index >= 15 is 0 Å². The minimum Gasteiger partial charge on any atom is -0.484 e. The number of carbonyl (C=O) groups excluding carboxylic acids is 3. The maximum Gasteiger partial charge on any atom is 0.336 e. The van der Waals surface area contributed by atoms with E-state index < -0.39 is 24.0 Å². The summed E-state index contributed by atoms with van der Waals surface area (Å²) in [5.74, 6) is -0.930. The Bertz CT molecular complexity index is 1520. The number of carbonyl (C=O) groups is 3. The molecular weight excluding hydrogens is 590 g/mol. The van der Waals surface area contributed by atoms with Gasteiger partial charge < -0.3 is 24.8 Å². The van der Waals surface area contributed by atoms with E-state index in [0.29, 0.717) is 24.4 Å². The SMILES string of the molecule is COC(=O)[C@H](O)[C@H](Cc1ccccc1)NC(=O)c1ccc(OCC(=O)N2CCN(C(c3ccccc3)c3cccs3)CC2)cc1. The summed E-state index contributed by atoms with van der Waals surface area (Å²) >= 11 is 1.74. The summed E-state index contributed by atoms with van der Waals surface area (Å²) in [6.45, 7) is 2.62. The van der Waals surface area contributed by atoms with Gasteiger partial charge in [0.2, 0.25) is 0 Å². The average molecular weight is 628 g/mol. The molecule has 234 valence electrons. The molecule has 3 atom stereocenters. The number of esters is 1. The molecule has 0 bridgehead atoms. The molecule has 2 heterocycles. The van der Waals surface area contributed by atoms with Crippen LogP contribution in [0.4, 0.5) is 0 Å². The van der Waals surface area contributed by atoms with Crippen LogP contribution in [0, 0.1) is 0 Å². The lowest BCUT2D eigenvalue weighted by atomic mass is 10.0. The van der Waals surface area contributed by atoms with Gasteiger partial charge in [0.1, 0.15) is 5.75 Å². The third-order valence-electron chi connectivity index (χ3n) is 7.88. The van der Waals surface area contributed by atoms with E-state index in [9.17, 15) is 19.5 Å². The van der Waals surface area contributed by atoms with Crippen molar-refractivity contribution in [3.8, 4) is 5.75 Å². The molecule has 1 unspecified atom stereocenters. The van der Waals surface area contributed by atoms with Gasteiger partial charge in [0.25, 0.3) is 11.8 Å². The number of aliphatic hydroxyl groups excluding tert-OH is 1. The molecule has 0 saturated carbocycles. The van der Waals surface area contributed by atoms with E-state index in [1.54, 1.807) is 35.6 Å². The lowest BCUT2D eigenvalue weighted by molar-refractivity contribution is -0.151. The highest BCUT2D eigenvalue weighted by Gasteiger charge is 2.30. The number of piperazine rings is 1. The Balaban J connectivity index is 1.13. The van der Waals surface area contributed by atoms with Crippen molar-refractivity contribution in [2.75, 3.05) is 39.9 Å². The average Bonchev–Trinajstić information content (AvgIpc) is 3.62. The maximum atomic E-state index is 13.0. The molecule has 0 radical (unpaired) electrons. The molecule has 1 aliphatic heterocycles. The number of aliphatic hydroxyl groups is 1. The Morgan fingerprint density at radius 3 is 2.16 bits per heavy atom. The van der Waals surface area contributed by atoms with Crippen LogP contribution in [-0.2, 0) is 20.7 Å². The first-order valence-corrected chi connectivity index (χ1v) is 15.7. The summed E-state index contributed by atoms with van der Waals surface area (Å²) in [4.78, 5) is 43.6. The van der Waals surface area contributed by atoms with Gasteiger partial charge in [-0.3, -0.25) is 14.5 Å². The normalized spacial score (nSPS) is 15.5. The summed E-state index contributed by atoms with van der Waals surface area (Å²) in [5, 5.41) is 15.3. The van der Waals surface area contributed by atoms with Crippen molar-refractivity contribution >= 4 is 29.1 Å². The lowest BCUT2D eigenvalue weighted by Crippen LogP contribution is -2.50. The Morgan fingerprint density at radius 1 is 0.867 bits per heavy atom. The van der Waals surface area contributed by atoms with Crippen molar-refractivity contribution in [2.24, 2.45) is 0 Å². The molecular formula is C35H37N3O6S. The largest absolute Gasteiger partial charge is 0.484 e. The highest BCUT2D eigenvalue weighted by atomic mass is 32.1. The number of hydrogen-bond acceptors (Lipinski definition) is 8. The summed E-state index contributed by atoms with van der Waals surface area (Å²) in [7, 11) is 1.18. The third-order valence-corrected chi connectivity index (χ3v) is 8.80. The second-order valence-electron chi connectivity index (χ2n) is 10.8. The second-order valence-corrected chi connectivity index (χ2v) is 11.8. The van der Waals surface area contributed by atoms with Crippen LogP contribution in [0.25, 0.3) is 0 Å². The van der Waals surface area contributed by atoms with E-state index in [4.69, 9.17) is 4.74 Å². The zero-order valence-electron chi connectivity index (χ0n) is 25.1. The number of rotatable bonds is 12. The molecule has 4 aromatic rings. The molecule has 5 rings (SSSR count). The van der Waals surface area contributed by atoms with Crippen LogP contribution in [0.5, 0.6) is 5.75 Å². The van der Waals surface area contributed by atoms with Crippen LogP contribution >= 0.6 is 11.3 Å². The molecule has 9 nitrogen and oxygen atoms in total. The third kappa shape index (κ3) is 8.36. The highest BCUT2D eigenvalue weighted by Crippen LogP contribution is 2.32. The van der Waals surface area contributed by atoms with E-state index in [1.165, 1.54) is 17.6 Å². The molecule has 45 heavy (non-hydrogen) atoms. The van der Waals surface area contributed by atoms with Gasteiger partial charge in [-0.05, 0) is 53.3 Å². The standard InChI is InChI=1S/C35H37N3O6S/c1-43-35(42)33(40)29(23-25-9-4-2-5-10-25)36-34(41)27-14-16-28(17-15-27)44-24-31(39)37-18-20-38(21-19-37)32(30-13-8-22-45-30)26-11-6-3-7-12-26/h2-17,22,29,32-33,40H,18-21,23-24H2,1H3,(H,36,41)/t29-,32?,33+/m0/s1. The molecule has 1 aliphatic rings. The first kappa shape index (κ1) is 31.9. The Morgan fingerprint density at radius 2 is 1.53 bits per heavy atom. The molecule has 2 N–H and O–H groups in total.